The summed E-state index contributed by atoms with van der Waals surface area (Å²) in [6.07, 6.45) is 1.98. The molecule has 0 N–H and O–H groups in total. The molecule has 3 rings (SSSR count). The Morgan fingerprint density at radius 2 is 2.24 bits per heavy atom. The molecule has 0 radical (unpaired) electrons. The number of likely N-dealkylation sites (tertiary alicyclic amines) is 1. The van der Waals surface area contributed by atoms with E-state index in [0.29, 0.717) is 12.4 Å². The summed E-state index contributed by atoms with van der Waals surface area (Å²) >= 11 is 1.67. The van der Waals surface area contributed by atoms with Crippen molar-refractivity contribution in [3.05, 3.63) is 33.1 Å². The van der Waals surface area contributed by atoms with Gasteiger partial charge in [-0.3, -0.25) is 4.79 Å². The fraction of sp³-hybridized carbons (Fsp3) is 0.533. The van der Waals surface area contributed by atoms with E-state index in [2.05, 4.69) is 10.1 Å². The highest BCUT2D eigenvalue weighted by Crippen LogP contribution is 2.28. The molecule has 0 bridgehead atoms. The third kappa shape index (κ3) is 2.85. The lowest BCUT2D eigenvalue weighted by Crippen LogP contribution is -2.39. The second kappa shape index (κ2) is 5.60. The van der Waals surface area contributed by atoms with E-state index in [1.165, 1.54) is 4.88 Å². The van der Waals surface area contributed by atoms with Gasteiger partial charge in [-0.2, -0.15) is 4.98 Å². The molecular formula is C15H19N3O2S. The maximum Gasteiger partial charge on any atom is 0.255 e. The minimum Gasteiger partial charge on any atom is -0.340 e. The van der Waals surface area contributed by atoms with E-state index in [-0.39, 0.29) is 11.8 Å². The van der Waals surface area contributed by atoms with Crippen molar-refractivity contribution in [2.75, 3.05) is 13.1 Å². The second-order valence-corrected chi connectivity index (χ2v) is 7.05. The maximum atomic E-state index is 12.7. The minimum absolute atomic E-state index is 0.127. The van der Waals surface area contributed by atoms with E-state index >= 15 is 0 Å². The first kappa shape index (κ1) is 14.3. The van der Waals surface area contributed by atoms with Crippen LogP contribution in [0.15, 0.2) is 10.6 Å². The van der Waals surface area contributed by atoms with Crippen LogP contribution in [-0.4, -0.2) is 34.0 Å². The number of aromatic nitrogens is 2. The van der Waals surface area contributed by atoms with Crippen LogP contribution in [0.3, 0.4) is 0 Å². The van der Waals surface area contributed by atoms with Crippen molar-refractivity contribution in [3.8, 4) is 0 Å². The molecule has 1 unspecified atom stereocenters. The molecular weight excluding hydrogens is 286 g/mol. The highest BCUT2D eigenvalue weighted by molar-refractivity contribution is 7.12. The third-order valence-electron chi connectivity index (χ3n) is 3.89. The van der Waals surface area contributed by atoms with Crippen molar-refractivity contribution in [1.29, 1.82) is 0 Å². The number of aryl methyl sites for hydroxylation is 3. The van der Waals surface area contributed by atoms with Crippen molar-refractivity contribution in [2.45, 2.75) is 39.5 Å². The van der Waals surface area contributed by atoms with Crippen molar-refractivity contribution < 1.29 is 9.32 Å². The van der Waals surface area contributed by atoms with Gasteiger partial charge in [0.1, 0.15) is 0 Å². The number of rotatable bonds is 2. The van der Waals surface area contributed by atoms with Gasteiger partial charge >= 0.3 is 0 Å². The highest BCUT2D eigenvalue weighted by atomic mass is 32.1. The van der Waals surface area contributed by atoms with Crippen LogP contribution in [0.4, 0.5) is 0 Å². The Hall–Kier alpha value is -1.69. The minimum atomic E-state index is 0.127. The van der Waals surface area contributed by atoms with Crippen molar-refractivity contribution in [3.63, 3.8) is 0 Å². The van der Waals surface area contributed by atoms with Crippen LogP contribution in [0, 0.1) is 20.8 Å². The number of hydrogen-bond acceptors (Lipinski definition) is 5. The van der Waals surface area contributed by atoms with Gasteiger partial charge in [-0.15, -0.1) is 11.3 Å². The molecule has 1 amide bonds. The molecule has 2 aromatic rings. The average Bonchev–Trinajstić information content (AvgIpc) is 3.04. The van der Waals surface area contributed by atoms with E-state index in [1.807, 2.05) is 24.8 Å². The molecule has 5 nitrogen and oxygen atoms in total. The van der Waals surface area contributed by atoms with Gasteiger partial charge in [0.15, 0.2) is 5.82 Å². The summed E-state index contributed by atoms with van der Waals surface area (Å²) in [5.41, 5.74) is 0.836. The first-order valence-corrected chi connectivity index (χ1v) is 8.02. The fourth-order valence-corrected chi connectivity index (χ4v) is 3.78. The monoisotopic (exact) mass is 305 g/mol. The Bertz CT molecular complexity index is 662. The molecule has 3 heterocycles. The topological polar surface area (TPSA) is 59.2 Å². The van der Waals surface area contributed by atoms with Crippen molar-refractivity contribution >= 4 is 17.2 Å². The van der Waals surface area contributed by atoms with Gasteiger partial charge in [-0.1, -0.05) is 5.16 Å². The Morgan fingerprint density at radius 1 is 1.43 bits per heavy atom. The predicted octanol–water partition coefficient (Wildman–Crippen LogP) is 3.08. The average molecular weight is 305 g/mol. The molecule has 6 heteroatoms. The van der Waals surface area contributed by atoms with Gasteiger partial charge in [0.2, 0.25) is 5.89 Å². The maximum absolute atomic E-state index is 12.7. The van der Waals surface area contributed by atoms with Crippen LogP contribution < -0.4 is 0 Å². The zero-order valence-corrected chi connectivity index (χ0v) is 13.4. The summed E-state index contributed by atoms with van der Waals surface area (Å²) in [4.78, 5) is 21.2. The largest absolute Gasteiger partial charge is 0.340 e. The number of piperidine rings is 1. The molecule has 0 saturated carbocycles. The summed E-state index contributed by atoms with van der Waals surface area (Å²) in [5.74, 6) is 1.61. The lowest BCUT2D eigenvalue weighted by atomic mass is 9.97. The Kier molecular flexibility index (Phi) is 3.80. The van der Waals surface area contributed by atoms with E-state index in [9.17, 15) is 4.79 Å². The summed E-state index contributed by atoms with van der Waals surface area (Å²) < 4.78 is 5.06. The van der Waals surface area contributed by atoms with Crippen LogP contribution in [0.2, 0.25) is 0 Å². The quantitative estimate of drug-likeness (QED) is 0.855. The van der Waals surface area contributed by atoms with E-state index in [0.717, 1.165) is 35.7 Å². The summed E-state index contributed by atoms with van der Waals surface area (Å²) in [7, 11) is 0. The Labute approximate surface area is 128 Å². The van der Waals surface area contributed by atoms with Gasteiger partial charge in [-0.05, 0) is 32.8 Å². The van der Waals surface area contributed by atoms with Gasteiger partial charge in [-0.25, -0.2) is 0 Å². The van der Waals surface area contributed by atoms with Crippen LogP contribution in [0.25, 0.3) is 0 Å². The van der Waals surface area contributed by atoms with Crippen molar-refractivity contribution in [2.24, 2.45) is 0 Å². The number of carbonyl (C=O) groups is 1. The summed E-state index contributed by atoms with van der Waals surface area (Å²) in [5, 5.41) is 4.01. The Balaban J connectivity index is 1.77. The molecule has 1 atom stereocenters. The van der Waals surface area contributed by atoms with Gasteiger partial charge in [0.25, 0.3) is 5.91 Å². The highest BCUT2D eigenvalue weighted by Gasteiger charge is 2.29. The first-order valence-electron chi connectivity index (χ1n) is 7.21. The fourth-order valence-electron chi connectivity index (χ4n) is 2.87. The smallest absolute Gasteiger partial charge is 0.255 e. The van der Waals surface area contributed by atoms with E-state index < -0.39 is 0 Å². The number of amides is 1. The van der Waals surface area contributed by atoms with Gasteiger partial charge in [0, 0.05) is 35.7 Å². The van der Waals surface area contributed by atoms with E-state index in [4.69, 9.17) is 4.52 Å². The molecule has 0 aliphatic carbocycles. The van der Waals surface area contributed by atoms with Crippen molar-refractivity contribution in [1.82, 2.24) is 15.0 Å². The predicted molar refractivity (Wildman–Crippen MR) is 80.7 cm³/mol. The lowest BCUT2D eigenvalue weighted by Gasteiger charge is -2.31. The molecule has 1 aliphatic rings. The number of thiophene rings is 1. The molecule has 1 aliphatic heterocycles. The molecule has 2 aromatic heterocycles. The standard InChI is InChI=1S/C15H19N3O2S/c1-9-7-13(10(2)21-9)15(19)18-6-4-5-12(8-18)14-16-11(3)20-17-14/h7,12H,4-6,8H2,1-3H3. The molecule has 21 heavy (non-hydrogen) atoms. The van der Waals surface area contributed by atoms with Crippen LogP contribution in [0.1, 0.15) is 50.6 Å². The zero-order valence-electron chi connectivity index (χ0n) is 12.5. The molecule has 112 valence electrons. The molecule has 0 aromatic carbocycles. The molecule has 1 saturated heterocycles. The number of nitrogens with zero attached hydrogens (tertiary/aromatic N) is 3. The lowest BCUT2D eigenvalue weighted by molar-refractivity contribution is 0.0703. The van der Waals surface area contributed by atoms with E-state index in [1.54, 1.807) is 18.3 Å². The number of hydrogen-bond donors (Lipinski definition) is 0. The summed E-state index contributed by atoms with van der Waals surface area (Å²) in [6, 6.07) is 1.99. The second-order valence-electron chi connectivity index (χ2n) is 5.59. The zero-order chi connectivity index (χ0) is 15.0. The Morgan fingerprint density at radius 3 is 2.86 bits per heavy atom. The first-order chi connectivity index (χ1) is 10.0. The van der Waals surface area contributed by atoms with Crippen LogP contribution in [-0.2, 0) is 0 Å². The van der Waals surface area contributed by atoms with Crippen LogP contribution in [0.5, 0.6) is 0 Å². The number of carbonyl (C=O) groups excluding carboxylic acids is 1. The SMILES string of the molecule is Cc1nc(C2CCCN(C(=O)c3cc(C)sc3C)C2)no1. The summed E-state index contributed by atoms with van der Waals surface area (Å²) in [6.45, 7) is 7.32. The molecule has 0 spiro atoms. The van der Waals surface area contributed by atoms with Gasteiger partial charge in [0.05, 0.1) is 5.56 Å². The normalized spacial score (nSPS) is 19.0. The van der Waals surface area contributed by atoms with Gasteiger partial charge < -0.3 is 9.42 Å². The third-order valence-corrected chi connectivity index (χ3v) is 4.85. The van der Waals surface area contributed by atoms with Crippen LogP contribution >= 0.6 is 11.3 Å². The molecule has 1 fully saturated rings.